The number of rotatable bonds is 3. The van der Waals surface area contributed by atoms with Crippen molar-refractivity contribution in [3.63, 3.8) is 0 Å². The van der Waals surface area contributed by atoms with Gasteiger partial charge in [-0.3, -0.25) is 0 Å². The quantitative estimate of drug-likeness (QED) is 0.824. The van der Waals surface area contributed by atoms with E-state index in [1.807, 2.05) is 0 Å². The number of benzene rings is 1. The lowest BCUT2D eigenvalue weighted by molar-refractivity contribution is 0.626. The third kappa shape index (κ3) is 2.22. The van der Waals surface area contributed by atoms with Crippen LogP contribution in [0, 0.1) is 5.82 Å². The van der Waals surface area contributed by atoms with Crippen LogP contribution in [0.15, 0.2) is 24.3 Å². The Labute approximate surface area is 97.9 Å². The van der Waals surface area contributed by atoms with Gasteiger partial charge in [0.05, 0.1) is 5.69 Å². The van der Waals surface area contributed by atoms with Gasteiger partial charge in [-0.1, -0.05) is 6.92 Å². The van der Waals surface area contributed by atoms with Crippen molar-refractivity contribution in [1.29, 1.82) is 0 Å². The van der Waals surface area contributed by atoms with Crippen molar-refractivity contribution in [1.82, 2.24) is 14.8 Å². The number of aromatic nitrogens is 3. The molecule has 1 aromatic carbocycles. The van der Waals surface area contributed by atoms with Crippen LogP contribution in [-0.4, -0.2) is 14.8 Å². The molecular weight excluding hydrogens is 229 g/mol. The number of aryl methyl sites for hydroxylation is 1. The highest BCUT2D eigenvalue weighted by Crippen LogP contribution is 2.14. The molecule has 0 spiro atoms. The Bertz CT molecular complexity index is 478. The Kier molecular flexibility index (Phi) is 3.19. The molecule has 0 N–H and O–H groups in total. The van der Waals surface area contributed by atoms with Gasteiger partial charge in [-0.25, -0.2) is 14.1 Å². The molecule has 0 atom stereocenters. The summed E-state index contributed by atoms with van der Waals surface area (Å²) in [4.78, 5) is 4.12. The summed E-state index contributed by atoms with van der Waals surface area (Å²) in [5, 5.41) is 4.29. The van der Waals surface area contributed by atoms with E-state index < -0.39 is 0 Å². The van der Waals surface area contributed by atoms with Crippen LogP contribution in [0.4, 0.5) is 4.39 Å². The summed E-state index contributed by atoms with van der Waals surface area (Å²) in [5.74, 6) is 0.520. The van der Waals surface area contributed by atoms with Crippen LogP contribution >= 0.6 is 11.6 Å². The van der Waals surface area contributed by atoms with Gasteiger partial charge < -0.3 is 0 Å². The van der Waals surface area contributed by atoms with Gasteiger partial charge >= 0.3 is 0 Å². The predicted molar refractivity (Wildman–Crippen MR) is 60.3 cm³/mol. The summed E-state index contributed by atoms with van der Waals surface area (Å²) in [6, 6.07) is 6.08. The molecule has 0 aliphatic heterocycles. The number of hydrogen-bond donors (Lipinski definition) is 0. The highest BCUT2D eigenvalue weighted by Gasteiger charge is 2.09. The fraction of sp³-hybridized carbons (Fsp3) is 0.273. The topological polar surface area (TPSA) is 30.7 Å². The molecule has 0 saturated carbocycles. The molecule has 0 bridgehead atoms. The zero-order valence-electron chi connectivity index (χ0n) is 8.82. The predicted octanol–water partition coefficient (Wildman–Crippen LogP) is 3.01. The van der Waals surface area contributed by atoms with Crippen molar-refractivity contribution in [2.45, 2.75) is 19.8 Å². The summed E-state index contributed by atoms with van der Waals surface area (Å²) in [6.45, 7) is 2.05. The summed E-state index contributed by atoms with van der Waals surface area (Å²) in [5.41, 5.74) is 0.768. The minimum absolute atomic E-state index is 0.216. The van der Waals surface area contributed by atoms with E-state index in [0.717, 1.165) is 24.4 Å². The lowest BCUT2D eigenvalue weighted by Crippen LogP contribution is -2.02. The Balaban J connectivity index is 2.42. The van der Waals surface area contributed by atoms with Crippen molar-refractivity contribution in [3.8, 4) is 5.69 Å². The van der Waals surface area contributed by atoms with Crippen LogP contribution < -0.4 is 0 Å². The van der Waals surface area contributed by atoms with Crippen LogP contribution in [0.25, 0.3) is 5.69 Å². The van der Waals surface area contributed by atoms with Crippen molar-refractivity contribution in [3.05, 3.63) is 41.2 Å². The standard InChI is InChI=1S/C11H11ClFN3/c1-2-3-10-14-11(12)15-16(10)9-6-4-8(13)5-7-9/h4-7H,2-3H2,1H3. The van der Waals surface area contributed by atoms with E-state index in [1.54, 1.807) is 16.8 Å². The maximum absolute atomic E-state index is 12.8. The molecule has 2 rings (SSSR count). The van der Waals surface area contributed by atoms with E-state index in [2.05, 4.69) is 17.0 Å². The minimum Gasteiger partial charge on any atom is -0.216 e. The third-order valence-corrected chi connectivity index (χ3v) is 2.35. The van der Waals surface area contributed by atoms with Gasteiger partial charge in [0.25, 0.3) is 0 Å². The summed E-state index contributed by atoms with van der Waals surface area (Å²) in [6.07, 6.45) is 1.74. The molecule has 2 aromatic rings. The Morgan fingerprint density at radius 2 is 2.00 bits per heavy atom. The maximum atomic E-state index is 12.8. The fourth-order valence-corrected chi connectivity index (χ4v) is 1.66. The van der Waals surface area contributed by atoms with E-state index in [1.165, 1.54) is 12.1 Å². The highest BCUT2D eigenvalue weighted by molar-refractivity contribution is 6.28. The molecule has 1 heterocycles. The molecule has 0 unspecified atom stereocenters. The van der Waals surface area contributed by atoms with Crippen LogP contribution in [0.2, 0.25) is 5.28 Å². The van der Waals surface area contributed by atoms with Crippen LogP contribution in [0.1, 0.15) is 19.2 Å². The van der Waals surface area contributed by atoms with Gasteiger partial charge in [0.15, 0.2) is 0 Å². The molecule has 0 saturated heterocycles. The monoisotopic (exact) mass is 239 g/mol. The second-order valence-electron chi connectivity index (χ2n) is 3.44. The van der Waals surface area contributed by atoms with Gasteiger partial charge in [-0.15, -0.1) is 5.10 Å². The van der Waals surface area contributed by atoms with E-state index in [4.69, 9.17) is 11.6 Å². The Morgan fingerprint density at radius 3 is 2.62 bits per heavy atom. The lowest BCUT2D eigenvalue weighted by atomic mass is 10.3. The summed E-state index contributed by atoms with van der Waals surface area (Å²) < 4.78 is 14.4. The highest BCUT2D eigenvalue weighted by atomic mass is 35.5. The first-order valence-corrected chi connectivity index (χ1v) is 5.46. The molecule has 0 radical (unpaired) electrons. The number of hydrogen-bond acceptors (Lipinski definition) is 2. The van der Waals surface area contributed by atoms with E-state index in [0.29, 0.717) is 0 Å². The Morgan fingerprint density at radius 1 is 1.31 bits per heavy atom. The molecular formula is C11H11ClFN3. The molecule has 16 heavy (non-hydrogen) atoms. The molecule has 5 heteroatoms. The SMILES string of the molecule is CCCc1nc(Cl)nn1-c1ccc(F)cc1. The van der Waals surface area contributed by atoms with Crippen molar-refractivity contribution in [2.75, 3.05) is 0 Å². The van der Waals surface area contributed by atoms with Gasteiger partial charge in [0, 0.05) is 6.42 Å². The first-order valence-electron chi connectivity index (χ1n) is 5.08. The summed E-state index contributed by atoms with van der Waals surface area (Å²) in [7, 11) is 0. The van der Waals surface area contributed by atoms with Gasteiger partial charge in [0.1, 0.15) is 11.6 Å². The smallest absolute Gasteiger partial charge is 0.216 e. The van der Waals surface area contributed by atoms with Crippen molar-refractivity contribution >= 4 is 11.6 Å². The number of halogens is 2. The van der Waals surface area contributed by atoms with E-state index >= 15 is 0 Å². The van der Waals surface area contributed by atoms with E-state index in [9.17, 15) is 4.39 Å². The average molecular weight is 240 g/mol. The molecule has 1 aromatic heterocycles. The maximum Gasteiger partial charge on any atom is 0.243 e. The average Bonchev–Trinajstić information content (AvgIpc) is 2.61. The lowest BCUT2D eigenvalue weighted by Gasteiger charge is -2.04. The molecule has 0 aliphatic rings. The van der Waals surface area contributed by atoms with Crippen molar-refractivity contribution in [2.24, 2.45) is 0 Å². The summed E-state index contributed by atoms with van der Waals surface area (Å²) >= 11 is 5.77. The first-order chi connectivity index (χ1) is 7.70. The van der Waals surface area contributed by atoms with Crippen LogP contribution in [0.3, 0.4) is 0 Å². The fourth-order valence-electron chi connectivity index (χ4n) is 1.49. The molecule has 3 nitrogen and oxygen atoms in total. The van der Waals surface area contributed by atoms with Crippen molar-refractivity contribution < 1.29 is 4.39 Å². The second kappa shape index (κ2) is 4.61. The largest absolute Gasteiger partial charge is 0.243 e. The minimum atomic E-state index is -0.271. The number of nitrogens with zero attached hydrogens (tertiary/aromatic N) is 3. The zero-order valence-corrected chi connectivity index (χ0v) is 9.58. The van der Waals surface area contributed by atoms with E-state index in [-0.39, 0.29) is 11.1 Å². The van der Waals surface area contributed by atoms with Gasteiger partial charge in [-0.2, -0.15) is 0 Å². The van der Waals surface area contributed by atoms with Gasteiger partial charge in [0.2, 0.25) is 5.28 Å². The normalized spacial score (nSPS) is 10.7. The van der Waals surface area contributed by atoms with Crippen LogP contribution in [-0.2, 0) is 6.42 Å². The first kappa shape index (κ1) is 11.1. The molecule has 0 fully saturated rings. The van der Waals surface area contributed by atoms with Gasteiger partial charge in [-0.05, 0) is 42.3 Å². The molecule has 0 aliphatic carbocycles. The van der Waals surface area contributed by atoms with Crippen LogP contribution in [0.5, 0.6) is 0 Å². The molecule has 84 valence electrons. The Hall–Kier alpha value is -1.42. The second-order valence-corrected chi connectivity index (χ2v) is 3.77. The zero-order chi connectivity index (χ0) is 11.5. The third-order valence-electron chi connectivity index (χ3n) is 2.19. The molecule has 0 amide bonds.